The summed E-state index contributed by atoms with van der Waals surface area (Å²) >= 11 is 0. The molecule has 2 aromatic heterocycles. The molecule has 2 aromatic rings. The second-order valence-corrected chi connectivity index (χ2v) is 3.76. The van der Waals surface area contributed by atoms with E-state index in [1.807, 2.05) is 30.6 Å². The molecule has 16 heavy (non-hydrogen) atoms. The van der Waals surface area contributed by atoms with Gasteiger partial charge in [0.2, 0.25) is 0 Å². The van der Waals surface area contributed by atoms with E-state index in [2.05, 4.69) is 27.2 Å². The van der Waals surface area contributed by atoms with Crippen molar-refractivity contribution in [3.05, 3.63) is 48.3 Å². The van der Waals surface area contributed by atoms with Crippen molar-refractivity contribution in [3.8, 4) is 0 Å². The molecule has 0 fully saturated rings. The van der Waals surface area contributed by atoms with E-state index in [4.69, 9.17) is 0 Å². The highest BCUT2D eigenvalue weighted by atomic mass is 14.9. The molecule has 4 heteroatoms. The summed E-state index contributed by atoms with van der Waals surface area (Å²) in [7, 11) is 0. The molecule has 1 atom stereocenters. The van der Waals surface area contributed by atoms with Gasteiger partial charge in [-0.1, -0.05) is 6.07 Å². The van der Waals surface area contributed by atoms with Crippen molar-refractivity contribution in [2.24, 2.45) is 0 Å². The van der Waals surface area contributed by atoms with Gasteiger partial charge in [-0.2, -0.15) is 0 Å². The molecule has 2 N–H and O–H groups in total. The number of rotatable bonds is 5. The highest BCUT2D eigenvalue weighted by Gasteiger charge is 2.04. The van der Waals surface area contributed by atoms with Crippen LogP contribution in [0.2, 0.25) is 0 Å². The first-order chi connectivity index (χ1) is 7.86. The molecule has 2 rings (SSSR count). The van der Waals surface area contributed by atoms with Crippen LogP contribution < -0.4 is 5.32 Å². The Labute approximate surface area is 95.1 Å². The van der Waals surface area contributed by atoms with Crippen LogP contribution in [0.15, 0.2) is 36.9 Å². The molecule has 84 valence electrons. The van der Waals surface area contributed by atoms with Gasteiger partial charge in [-0.25, -0.2) is 4.98 Å². The molecule has 0 aliphatic heterocycles. The van der Waals surface area contributed by atoms with Gasteiger partial charge >= 0.3 is 0 Å². The summed E-state index contributed by atoms with van der Waals surface area (Å²) in [5.74, 6) is 0. The number of imidazole rings is 1. The Balaban J connectivity index is 1.78. The van der Waals surface area contributed by atoms with E-state index in [-0.39, 0.29) is 6.04 Å². The smallest absolute Gasteiger partial charge is 0.0921 e. The van der Waals surface area contributed by atoms with E-state index in [1.165, 1.54) is 0 Å². The van der Waals surface area contributed by atoms with Gasteiger partial charge in [-0.3, -0.25) is 4.98 Å². The lowest BCUT2D eigenvalue weighted by molar-refractivity contribution is 0.562. The third-order valence-electron chi connectivity index (χ3n) is 2.53. The molecule has 0 saturated heterocycles. The Kier molecular flexibility index (Phi) is 3.66. The molecular formula is C12H16N4. The Morgan fingerprint density at radius 2 is 2.38 bits per heavy atom. The lowest BCUT2D eigenvalue weighted by Gasteiger charge is -2.12. The first kappa shape index (κ1) is 10.8. The molecule has 0 aromatic carbocycles. The maximum absolute atomic E-state index is 4.31. The topological polar surface area (TPSA) is 53.6 Å². The minimum Gasteiger partial charge on any atom is -0.348 e. The Morgan fingerprint density at radius 1 is 1.44 bits per heavy atom. The summed E-state index contributed by atoms with van der Waals surface area (Å²) < 4.78 is 0. The van der Waals surface area contributed by atoms with Crippen LogP contribution in [0.3, 0.4) is 0 Å². The Bertz CT molecular complexity index is 396. The van der Waals surface area contributed by atoms with Gasteiger partial charge in [0.25, 0.3) is 0 Å². The molecule has 1 unspecified atom stereocenters. The van der Waals surface area contributed by atoms with Crippen molar-refractivity contribution in [1.29, 1.82) is 0 Å². The summed E-state index contributed by atoms with van der Waals surface area (Å²) in [5, 5.41) is 3.43. The molecule has 0 saturated carbocycles. The molecule has 0 bridgehead atoms. The molecule has 0 radical (unpaired) electrons. The van der Waals surface area contributed by atoms with E-state index in [0.717, 1.165) is 24.4 Å². The number of nitrogens with zero attached hydrogens (tertiary/aromatic N) is 2. The van der Waals surface area contributed by atoms with Crippen LogP contribution in [0, 0.1) is 0 Å². The van der Waals surface area contributed by atoms with Crippen molar-refractivity contribution in [1.82, 2.24) is 20.3 Å². The minimum absolute atomic E-state index is 0.282. The van der Waals surface area contributed by atoms with Crippen molar-refractivity contribution >= 4 is 0 Å². The van der Waals surface area contributed by atoms with Crippen LogP contribution in [0.5, 0.6) is 0 Å². The van der Waals surface area contributed by atoms with Crippen LogP contribution in [0.25, 0.3) is 0 Å². The van der Waals surface area contributed by atoms with Crippen molar-refractivity contribution in [2.45, 2.75) is 19.4 Å². The number of H-pyrrole nitrogens is 1. The minimum atomic E-state index is 0.282. The first-order valence-corrected chi connectivity index (χ1v) is 5.48. The average Bonchev–Trinajstić information content (AvgIpc) is 2.83. The fraction of sp³-hybridized carbons (Fsp3) is 0.333. The summed E-state index contributed by atoms with van der Waals surface area (Å²) in [6, 6.07) is 6.26. The number of nitrogens with one attached hydrogen (secondary N) is 2. The fourth-order valence-corrected chi connectivity index (χ4v) is 1.58. The monoisotopic (exact) mass is 216 g/mol. The lowest BCUT2D eigenvalue weighted by Crippen LogP contribution is -2.22. The molecule has 4 nitrogen and oxygen atoms in total. The Morgan fingerprint density at radius 3 is 3.06 bits per heavy atom. The highest BCUT2D eigenvalue weighted by molar-refractivity contribution is 5.07. The fourth-order valence-electron chi connectivity index (χ4n) is 1.58. The van der Waals surface area contributed by atoms with Crippen molar-refractivity contribution < 1.29 is 0 Å². The van der Waals surface area contributed by atoms with Crippen LogP contribution in [-0.4, -0.2) is 21.5 Å². The maximum atomic E-state index is 4.31. The van der Waals surface area contributed by atoms with Gasteiger partial charge in [0, 0.05) is 37.1 Å². The second kappa shape index (κ2) is 5.42. The average molecular weight is 216 g/mol. The summed E-state index contributed by atoms with van der Waals surface area (Å²) in [6.45, 7) is 3.04. The van der Waals surface area contributed by atoms with Gasteiger partial charge in [-0.15, -0.1) is 0 Å². The normalized spacial score (nSPS) is 12.6. The molecule has 0 aliphatic rings. The number of hydrogen-bond donors (Lipinski definition) is 2. The van der Waals surface area contributed by atoms with Gasteiger partial charge in [0.1, 0.15) is 0 Å². The molecule has 2 heterocycles. The third kappa shape index (κ3) is 2.90. The van der Waals surface area contributed by atoms with Crippen molar-refractivity contribution in [2.75, 3.05) is 6.54 Å². The second-order valence-electron chi connectivity index (χ2n) is 3.76. The van der Waals surface area contributed by atoms with Gasteiger partial charge < -0.3 is 10.3 Å². The van der Waals surface area contributed by atoms with Crippen molar-refractivity contribution in [3.63, 3.8) is 0 Å². The van der Waals surface area contributed by atoms with Gasteiger partial charge in [0.05, 0.1) is 12.0 Å². The van der Waals surface area contributed by atoms with Crippen LogP contribution in [-0.2, 0) is 6.42 Å². The number of hydrogen-bond acceptors (Lipinski definition) is 3. The molecule has 0 spiro atoms. The number of aromatic amines is 1. The molecular weight excluding hydrogens is 200 g/mol. The quantitative estimate of drug-likeness (QED) is 0.799. The predicted molar refractivity (Wildman–Crippen MR) is 62.9 cm³/mol. The van der Waals surface area contributed by atoms with Crippen LogP contribution >= 0.6 is 0 Å². The maximum Gasteiger partial charge on any atom is 0.0921 e. The third-order valence-corrected chi connectivity index (χ3v) is 2.53. The van der Waals surface area contributed by atoms with E-state index < -0.39 is 0 Å². The number of pyridine rings is 1. The largest absolute Gasteiger partial charge is 0.348 e. The highest BCUT2D eigenvalue weighted by Crippen LogP contribution is 2.07. The first-order valence-electron chi connectivity index (χ1n) is 5.48. The van der Waals surface area contributed by atoms with Crippen LogP contribution in [0.1, 0.15) is 24.4 Å². The number of aromatic nitrogens is 3. The summed E-state index contributed by atoms with van der Waals surface area (Å²) in [6.07, 6.45) is 6.34. The van der Waals surface area contributed by atoms with E-state index >= 15 is 0 Å². The summed E-state index contributed by atoms with van der Waals surface area (Å²) in [4.78, 5) is 11.4. The lowest BCUT2D eigenvalue weighted by atomic mass is 10.2. The zero-order valence-corrected chi connectivity index (χ0v) is 9.35. The van der Waals surface area contributed by atoms with Crippen LogP contribution in [0.4, 0.5) is 0 Å². The van der Waals surface area contributed by atoms with E-state index in [0.29, 0.717) is 0 Å². The predicted octanol–water partition coefficient (Wildman–Crippen LogP) is 1.70. The van der Waals surface area contributed by atoms with Gasteiger partial charge in [-0.05, 0) is 19.1 Å². The van der Waals surface area contributed by atoms with E-state index in [9.17, 15) is 0 Å². The zero-order chi connectivity index (χ0) is 11.2. The Hall–Kier alpha value is -1.68. The van der Waals surface area contributed by atoms with Gasteiger partial charge in [0.15, 0.2) is 0 Å². The SMILES string of the molecule is CC(NCCc1cnc[nH]1)c1ccccn1. The molecule has 0 amide bonds. The zero-order valence-electron chi connectivity index (χ0n) is 9.35. The standard InChI is InChI=1S/C12H16N4/c1-10(12-4-2-3-6-15-12)14-7-5-11-8-13-9-16-11/h2-4,6,8-10,14H,5,7H2,1H3,(H,13,16). The van der Waals surface area contributed by atoms with E-state index in [1.54, 1.807) is 6.33 Å². The summed E-state index contributed by atoms with van der Waals surface area (Å²) in [5.41, 5.74) is 2.23. The molecule has 0 aliphatic carbocycles.